The number of nitrogens with zero attached hydrogens (tertiary/aromatic N) is 1. The minimum absolute atomic E-state index is 0.0225. The predicted octanol–water partition coefficient (Wildman–Crippen LogP) is 4.75. The van der Waals surface area contributed by atoms with Crippen LogP contribution in [0.3, 0.4) is 0 Å². The van der Waals surface area contributed by atoms with Gasteiger partial charge < -0.3 is 19.4 Å². The Morgan fingerprint density at radius 1 is 1.10 bits per heavy atom. The van der Waals surface area contributed by atoms with E-state index in [9.17, 15) is 9.59 Å². The van der Waals surface area contributed by atoms with Crippen molar-refractivity contribution in [3.05, 3.63) is 71.5 Å². The number of hydrogen-bond donors (Lipinski definition) is 1. The largest absolute Gasteiger partial charge is 0.497 e. The number of anilines is 1. The molecule has 2 aromatic carbocycles. The van der Waals surface area contributed by atoms with Crippen molar-refractivity contribution in [1.29, 1.82) is 0 Å². The van der Waals surface area contributed by atoms with E-state index in [1.54, 1.807) is 19.2 Å². The lowest BCUT2D eigenvalue weighted by molar-refractivity contribution is -0.118. The lowest BCUT2D eigenvalue weighted by Crippen LogP contribution is -2.35. The summed E-state index contributed by atoms with van der Waals surface area (Å²) in [6.07, 6.45) is 0.662. The Balaban J connectivity index is 1.52. The maximum Gasteiger partial charge on any atom is 0.254 e. The van der Waals surface area contributed by atoms with Crippen LogP contribution in [0.2, 0.25) is 0 Å². The van der Waals surface area contributed by atoms with E-state index >= 15 is 0 Å². The Labute approximate surface area is 181 Å². The van der Waals surface area contributed by atoms with Crippen LogP contribution in [-0.4, -0.2) is 30.4 Å². The number of carbonyl (C=O) groups is 2. The highest BCUT2D eigenvalue weighted by atomic mass is 16.5. The van der Waals surface area contributed by atoms with E-state index in [1.165, 1.54) is 0 Å². The van der Waals surface area contributed by atoms with Gasteiger partial charge in [-0.2, -0.15) is 0 Å². The summed E-state index contributed by atoms with van der Waals surface area (Å²) in [7, 11) is 1.59. The van der Waals surface area contributed by atoms with Gasteiger partial charge in [0.15, 0.2) is 0 Å². The maximum atomic E-state index is 13.0. The van der Waals surface area contributed by atoms with E-state index in [1.807, 2.05) is 61.2 Å². The highest BCUT2D eigenvalue weighted by Gasteiger charge is 2.25. The van der Waals surface area contributed by atoms with Crippen molar-refractivity contribution in [2.24, 2.45) is 5.92 Å². The fourth-order valence-electron chi connectivity index (χ4n) is 3.62. The van der Waals surface area contributed by atoms with Gasteiger partial charge in [0.2, 0.25) is 5.91 Å². The van der Waals surface area contributed by atoms with Gasteiger partial charge in [-0.15, -0.1) is 0 Å². The second-order valence-electron chi connectivity index (χ2n) is 7.99. The molecule has 1 aliphatic heterocycles. The molecule has 6 nitrogen and oxygen atoms in total. The monoisotopic (exact) mass is 418 g/mol. The van der Waals surface area contributed by atoms with Gasteiger partial charge in [-0.1, -0.05) is 32.0 Å². The maximum absolute atomic E-state index is 13.0. The second kappa shape index (κ2) is 8.68. The van der Waals surface area contributed by atoms with Crippen LogP contribution in [0.4, 0.5) is 5.69 Å². The van der Waals surface area contributed by atoms with Crippen LogP contribution in [0.15, 0.2) is 59.0 Å². The molecule has 31 heavy (non-hydrogen) atoms. The Hall–Kier alpha value is -3.54. The molecule has 1 aromatic heterocycles. The first kappa shape index (κ1) is 20.7. The molecule has 0 saturated heterocycles. The summed E-state index contributed by atoms with van der Waals surface area (Å²) in [4.78, 5) is 26.8. The zero-order valence-electron chi connectivity index (χ0n) is 18.0. The fourth-order valence-corrected chi connectivity index (χ4v) is 3.62. The fraction of sp³-hybridized carbons (Fsp3) is 0.280. The van der Waals surface area contributed by atoms with E-state index < -0.39 is 0 Å². The van der Waals surface area contributed by atoms with E-state index in [4.69, 9.17) is 9.15 Å². The first-order valence-corrected chi connectivity index (χ1v) is 10.4. The standard InChI is InChI=1S/C25H26N2O4/c1-16(2)24(28)26-20-8-4-6-17(12-20)23-14-19-15-27(11-10-22(19)31-23)25(29)18-7-5-9-21(13-18)30-3/h4-9,12-14,16H,10-11,15H2,1-3H3,(H,26,28). The Kier molecular flexibility index (Phi) is 5.80. The van der Waals surface area contributed by atoms with Crippen LogP contribution in [0.5, 0.6) is 5.75 Å². The first-order valence-electron chi connectivity index (χ1n) is 10.4. The number of ether oxygens (including phenoxy) is 1. The summed E-state index contributed by atoms with van der Waals surface area (Å²) < 4.78 is 11.3. The number of rotatable bonds is 5. The van der Waals surface area contributed by atoms with Crippen LogP contribution >= 0.6 is 0 Å². The van der Waals surface area contributed by atoms with Gasteiger partial charge in [0.05, 0.1) is 7.11 Å². The smallest absolute Gasteiger partial charge is 0.254 e. The molecule has 0 unspecified atom stereocenters. The van der Waals surface area contributed by atoms with Crippen LogP contribution in [-0.2, 0) is 17.8 Å². The van der Waals surface area contributed by atoms with Gasteiger partial charge in [0.1, 0.15) is 17.3 Å². The van der Waals surface area contributed by atoms with E-state index in [2.05, 4.69) is 5.32 Å². The Morgan fingerprint density at radius 2 is 1.90 bits per heavy atom. The lowest BCUT2D eigenvalue weighted by atomic mass is 10.1. The van der Waals surface area contributed by atoms with Crippen molar-refractivity contribution >= 4 is 17.5 Å². The minimum Gasteiger partial charge on any atom is -0.497 e. The number of carbonyl (C=O) groups excluding carboxylic acids is 2. The van der Waals surface area contributed by atoms with Crippen molar-refractivity contribution in [1.82, 2.24) is 4.90 Å². The van der Waals surface area contributed by atoms with E-state index in [-0.39, 0.29) is 17.7 Å². The molecule has 0 saturated carbocycles. The van der Waals surface area contributed by atoms with Crippen LogP contribution in [0, 0.1) is 5.92 Å². The summed E-state index contributed by atoms with van der Waals surface area (Å²) in [5.74, 6) is 2.17. The quantitative estimate of drug-likeness (QED) is 0.649. The molecule has 2 amide bonds. The molecule has 2 heterocycles. The van der Waals surface area contributed by atoms with Crippen molar-refractivity contribution in [3.63, 3.8) is 0 Å². The molecule has 3 aromatic rings. The topological polar surface area (TPSA) is 71.8 Å². The Bertz CT molecular complexity index is 1120. The van der Waals surface area contributed by atoms with Gasteiger partial charge in [0.25, 0.3) is 5.91 Å². The third-order valence-electron chi connectivity index (χ3n) is 5.41. The number of hydrogen-bond acceptors (Lipinski definition) is 4. The SMILES string of the molecule is COc1cccc(C(=O)N2CCc3oc(-c4cccc(NC(=O)C(C)C)c4)cc3C2)c1. The van der Waals surface area contributed by atoms with Gasteiger partial charge in [0, 0.05) is 47.8 Å². The lowest BCUT2D eigenvalue weighted by Gasteiger charge is -2.26. The van der Waals surface area contributed by atoms with Crippen LogP contribution in [0.1, 0.15) is 35.5 Å². The van der Waals surface area contributed by atoms with Gasteiger partial charge in [-0.3, -0.25) is 9.59 Å². The summed E-state index contributed by atoms with van der Waals surface area (Å²) in [5, 5.41) is 2.92. The third-order valence-corrected chi connectivity index (χ3v) is 5.41. The highest BCUT2D eigenvalue weighted by molar-refractivity contribution is 5.95. The summed E-state index contributed by atoms with van der Waals surface area (Å²) in [6, 6.07) is 16.8. The number of methoxy groups -OCH3 is 1. The molecule has 0 aliphatic carbocycles. The third kappa shape index (κ3) is 4.48. The summed E-state index contributed by atoms with van der Waals surface area (Å²) >= 11 is 0. The number of benzene rings is 2. The molecule has 160 valence electrons. The molecule has 1 N–H and O–H groups in total. The molecular formula is C25H26N2O4. The predicted molar refractivity (Wildman–Crippen MR) is 119 cm³/mol. The molecule has 1 aliphatic rings. The summed E-state index contributed by atoms with van der Waals surface area (Å²) in [5.41, 5.74) is 3.25. The molecule has 0 bridgehead atoms. The molecular weight excluding hydrogens is 392 g/mol. The molecule has 0 fully saturated rings. The average molecular weight is 418 g/mol. The van der Waals surface area contributed by atoms with Crippen molar-refractivity contribution in [2.75, 3.05) is 19.0 Å². The average Bonchev–Trinajstić information content (AvgIpc) is 3.22. The summed E-state index contributed by atoms with van der Waals surface area (Å²) in [6.45, 7) is 4.82. The van der Waals surface area contributed by atoms with Gasteiger partial charge in [-0.25, -0.2) is 0 Å². The molecule has 0 radical (unpaired) electrons. The molecule has 4 rings (SSSR count). The normalized spacial score (nSPS) is 13.1. The Morgan fingerprint density at radius 3 is 2.68 bits per heavy atom. The van der Waals surface area contributed by atoms with Crippen molar-refractivity contribution < 1.29 is 18.7 Å². The minimum atomic E-state index is -0.0901. The second-order valence-corrected chi connectivity index (χ2v) is 7.99. The number of nitrogens with one attached hydrogen (secondary N) is 1. The van der Waals surface area contributed by atoms with Gasteiger partial charge in [-0.05, 0) is 36.4 Å². The van der Waals surface area contributed by atoms with Gasteiger partial charge >= 0.3 is 0 Å². The van der Waals surface area contributed by atoms with Crippen molar-refractivity contribution in [3.8, 4) is 17.1 Å². The number of fused-ring (bicyclic) bond motifs is 1. The van der Waals surface area contributed by atoms with Crippen molar-refractivity contribution in [2.45, 2.75) is 26.8 Å². The zero-order chi connectivity index (χ0) is 22.0. The van der Waals surface area contributed by atoms with Crippen LogP contribution < -0.4 is 10.1 Å². The molecule has 6 heteroatoms. The number of amides is 2. The van der Waals surface area contributed by atoms with E-state index in [0.29, 0.717) is 30.8 Å². The van der Waals surface area contributed by atoms with Crippen LogP contribution in [0.25, 0.3) is 11.3 Å². The van der Waals surface area contributed by atoms with E-state index in [0.717, 1.165) is 28.3 Å². The zero-order valence-corrected chi connectivity index (χ0v) is 18.0. The highest BCUT2D eigenvalue weighted by Crippen LogP contribution is 2.31. The molecule has 0 atom stereocenters. The first-order chi connectivity index (χ1) is 14.9. The number of furan rings is 1. The molecule has 0 spiro atoms.